The highest BCUT2D eigenvalue weighted by atomic mass is 35.5. The molecular weight excluding hydrogens is 522 g/mol. The van der Waals surface area contributed by atoms with Crippen molar-refractivity contribution in [3.8, 4) is 0 Å². The summed E-state index contributed by atoms with van der Waals surface area (Å²) in [6, 6.07) is 12.9. The number of nitrogens with zero attached hydrogens (tertiary/aromatic N) is 1. The van der Waals surface area contributed by atoms with Crippen LogP contribution in [0.1, 0.15) is 49.3 Å². The van der Waals surface area contributed by atoms with Crippen LogP contribution in [0.25, 0.3) is 0 Å². The molecule has 1 amide bonds. The second-order valence-corrected chi connectivity index (χ2v) is 11.1. The zero-order valence-electron chi connectivity index (χ0n) is 20.2. The van der Waals surface area contributed by atoms with Crippen LogP contribution in [-0.4, -0.2) is 60.4 Å². The van der Waals surface area contributed by atoms with Gasteiger partial charge < -0.3 is 20.8 Å². The fourth-order valence-corrected chi connectivity index (χ4v) is 6.10. The number of rotatable bonds is 6. The molecule has 1 aliphatic carbocycles. The van der Waals surface area contributed by atoms with Crippen LogP contribution in [0.4, 0.5) is 5.69 Å². The second-order valence-electron chi connectivity index (χ2n) is 8.79. The number of aliphatic carboxylic acids is 2. The number of amides is 1. The average molecular weight is 552 g/mol. The number of sulfonamides is 1. The first-order valence-electron chi connectivity index (χ1n) is 12.0. The Labute approximate surface area is 220 Å². The maximum absolute atomic E-state index is 12.9. The maximum atomic E-state index is 12.9. The highest BCUT2D eigenvalue weighted by molar-refractivity contribution is 7.89. The molecule has 2 aromatic carbocycles. The Morgan fingerprint density at radius 3 is 2.32 bits per heavy atom. The minimum absolute atomic E-state index is 0.123. The first kappa shape index (κ1) is 28.6. The molecule has 1 unspecified atom stereocenters. The predicted octanol–water partition coefficient (Wildman–Crippen LogP) is 3.28. The van der Waals surface area contributed by atoms with Crippen molar-refractivity contribution < 1.29 is 33.0 Å². The van der Waals surface area contributed by atoms with E-state index in [0.717, 1.165) is 38.5 Å². The number of hydrogen-bond donors (Lipinski definition) is 4. The highest BCUT2D eigenvalue weighted by Gasteiger charge is 2.27. The molecular formula is C25H30ClN3O7S. The minimum atomic E-state index is -3.59. The number of halogens is 1. The van der Waals surface area contributed by atoms with Gasteiger partial charge in [0, 0.05) is 19.1 Å². The molecule has 0 spiro atoms. The van der Waals surface area contributed by atoms with Crippen LogP contribution in [0.5, 0.6) is 0 Å². The summed E-state index contributed by atoms with van der Waals surface area (Å²) in [6.45, 7) is 1.18. The van der Waals surface area contributed by atoms with Crippen LogP contribution in [0.15, 0.2) is 47.4 Å². The molecule has 2 aromatic rings. The summed E-state index contributed by atoms with van der Waals surface area (Å²) < 4.78 is 27.4. The molecule has 2 aliphatic rings. The maximum Gasteiger partial charge on any atom is 0.414 e. The smallest absolute Gasteiger partial charge is 0.414 e. The lowest BCUT2D eigenvalue weighted by Gasteiger charge is -2.26. The van der Waals surface area contributed by atoms with Crippen molar-refractivity contribution >= 4 is 45.2 Å². The van der Waals surface area contributed by atoms with Crippen molar-refractivity contribution in [1.82, 2.24) is 9.62 Å². The fraction of sp³-hybridized carbons (Fsp3) is 0.400. The van der Waals surface area contributed by atoms with Crippen molar-refractivity contribution in [2.24, 2.45) is 0 Å². The van der Waals surface area contributed by atoms with Gasteiger partial charge in [0.1, 0.15) is 0 Å². The molecule has 1 saturated heterocycles. The second kappa shape index (κ2) is 13.0. The van der Waals surface area contributed by atoms with Gasteiger partial charge in [-0.25, -0.2) is 18.0 Å². The number of fused-ring (bicyclic) bond motifs is 1. The van der Waals surface area contributed by atoms with E-state index < -0.39 is 22.0 Å². The number of carboxylic acid groups (broad SMARTS) is 2. The summed E-state index contributed by atoms with van der Waals surface area (Å²) in [5, 5.41) is 21.2. The van der Waals surface area contributed by atoms with E-state index in [1.807, 2.05) is 12.1 Å². The Balaban J connectivity index is 0.000000568. The summed E-state index contributed by atoms with van der Waals surface area (Å²) >= 11 is 6.25. The molecule has 10 nitrogen and oxygen atoms in total. The minimum Gasteiger partial charge on any atom is -0.473 e. The lowest BCUT2D eigenvalue weighted by molar-refractivity contribution is -0.159. The van der Waals surface area contributed by atoms with Gasteiger partial charge in [0.05, 0.1) is 22.2 Å². The molecule has 200 valence electrons. The fourth-order valence-electron chi connectivity index (χ4n) is 4.39. The lowest BCUT2D eigenvalue weighted by atomic mass is 9.88. The molecule has 0 bridgehead atoms. The molecule has 37 heavy (non-hydrogen) atoms. The van der Waals surface area contributed by atoms with E-state index in [4.69, 9.17) is 31.4 Å². The van der Waals surface area contributed by atoms with Crippen molar-refractivity contribution in [2.75, 3.05) is 25.0 Å². The van der Waals surface area contributed by atoms with E-state index in [0.29, 0.717) is 23.8 Å². The SMILES string of the molecule is O=C(CNC1CCCc2ccccc21)Nc1cc(S(=O)(=O)N2CCCCC2)ccc1Cl.O=C(O)C(=O)O. The Kier molecular flexibility index (Phi) is 10.0. The predicted molar refractivity (Wildman–Crippen MR) is 138 cm³/mol. The number of hydrogen-bond acceptors (Lipinski definition) is 6. The Bertz CT molecular complexity index is 1230. The van der Waals surface area contributed by atoms with Gasteiger partial charge >= 0.3 is 11.9 Å². The summed E-state index contributed by atoms with van der Waals surface area (Å²) in [5.74, 6) is -3.90. The van der Waals surface area contributed by atoms with E-state index in [2.05, 4.69) is 22.8 Å². The van der Waals surface area contributed by atoms with Crippen molar-refractivity contribution in [2.45, 2.75) is 49.5 Å². The van der Waals surface area contributed by atoms with E-state index in [1.54, 1.807) is 0 Å². The number of piperidine rings is 1. The van der Waals surface area contributed by atoms with E-state index in [1.165, 1.54) is 33.6 Å². The number of aryl methyl sites for hydroxylation is 1. The van der Waals surface area contributed by atoms with Crippen LogP contribution < -0.4 is 10.6 Å². The molecule has 0 saturated carbocycles. The lowest BCUT2D eigenvalue weighted by Crippen LogP contribution is -2.35. The van der Waals surface area contributed by atoms with Crippen LogP contribution in [0.2, 0.25) is 5.02 Å². The topological polar surface area (TPSA) is 153 Å². The Morgan fingerprint density at radius 2 is 1.65 bits per heavy atom. The molecule has 1 atom stereocenters. The molecule has 0 radical (unpaired) electrons. The van der Waals surface area contributed by atoms with Gasteiger partial charge in [-0.15, -0.1) is 0 Å². The first-order valence-corrected chi connectivity index (χ1v) is 13.8. The number of nitrogens with one attached hydrogen (secondary N) is 2. The van der Waals surface area contributed by atoms with Gasteiger partial charge in [-0.05, 0) is 61.4 Å². The molecule has 1 aliphatic heterocycles. The number of carbonyl (C=O) groups is 3. The summed E-state index contributed by atoms with van der Waals surface area (Å²) in [7, 11) is -3.59. The van der Waals surface area contributed by atoms with E-state index in [-0.39, 0.29) is 23.4 Å². The number of benzene rings is 2. The first-order chi connectivity index (χ1) is 17.6. The number of anilines is 1. The zero-order chi connectivity index (χ0) is 27.0. The van der Waals surface area contributed by atoms with Crippen molar-refractivity contribution in [1.29, 1.82) is 0 Å². The standard InChI is InChI=1S/C23H28ClN3O3S.C2H2O4/c24-20-12-11-18(31(29,30)27-13-4-1-5-14-27)15-22(20)26-23(28)16-25-21-10-6-8-17-7-2-3-9-19(17)21;3-1(4)2(5)6/h2-3,7,9,11-12,15,21,25H,1,4-6,8,10,13-14,16H2,(H,26,28);(H,3,4)(H,5,6). The van der Waals surface area contributed by atoms with Gasteiger partial charge in [-0.3, -0.25) is 4.79 Å². The molecule has 4 N–H and O–H groups in total. The highest BCUT2D eigenvalue weighted by Crippen LogP contribution is 2.30. The Hall–Kier alpha value is -2.99. The molecule has 1 fully saturated rings. The normalized spacial score (nSPS) is 17.6. The van der Waals surface area contributed by atoms with Crippen LogP contribution in [0, 0.1) is 0 Å². The molecule has 0 aromatic heterocycles. The molecule has 12 heteroatoms. The summed E-state index contributed by atoms with van der Waals surface area (Å²) in [6.07, 6.45) is 5.91. The third-order valence-electron chi connectivity index (χ3n) is 6.23. The quantitative estimate of drug-likeness (QED) is 0.399. The third kappa shape index (κ3) is 7.75. The summed E-state index contributed by atoms with van der Waals surface area (Å²) in [5.41, 5.74) is 2.88. The van der Waals surface area contributed by atoms with Crippen LogP contribution in [0.3, 0.4) is 0 Å². The van der Waals surface area contributed by atoms with Crippen LogP contribution >= 0.6 is 11.6 Å². The monoisotopic (exact) mass is 551 g/mol. The van der Waals surface area contributed by atoms with Gasteiger partial charge in [0.2, 0.25) is 15.9 Å². The van der Waals surface area contributed by atoms with Crippen molar-refractivity contribution in [3.05, 3.63) is 58.6 Å². The van der Waals surface area contributed by atoms with E-state index >= 15 is 0 Å². The summed E-state index contributed by atoms with van der Waals surface area (Å²) in [4.78, 5) is 30.9. The average Bonchev–Trinajstić information content (AvgIpc) is 2.89. The number of carboxylic acids is 2. The molecule has 1 heterocycles. The van der Waals surface area contributed by atoms with Crippen LogP contribution in [-0.2, 0) is 30.8 Å². The Morgan fingerprint density at radius 1 is 0.973 bits per heavy atom. The van der Waals surface area contributed by atoms with E-state index in [9.17, 15) is 13.2 Å². The van der Waals surface area contributed by atoms with Gasteiger partial charge in [-0.2, -0.15) is 4.31 Å². The van der Waals surface area contributed by atoms with Gasteiger partial charge in [0.15, 0.2) is 0 Å². The number of carbonyl (C=O) groups excluding carboxylic acids is 1. The molecule has 4 rings (SSSR count). The zero-order valence-corrected chi connectivity index (χ0v) is 21.7. The third-order valence-corrected chi connectivity index (χ3v) is 8.45. The largest absolute Gasteiger partial charge is 0.473 e. The van der Waals surface area contributed by atoms with Gasteiger partial charge in [-0.1, -0.05) is 42.3 Å². The van der Waals surface area contributed by atoms with Gasteiger partial charge in [0.25, 0.3) is 0 Å². The van der Waals surface area contributed by atoms with Crippen molar-refractivity contribution in [3.63, 3.8) is 0 Å².